The second-order valence-corrected chi connectivity index (χ2v) is 5.80. The van der Waals surface area contributed by atoms with Gasteiger partial charge >= 0.3 is 0 Å². The van der Waals surface area contributed by atoms with Gasteiger partial charge in [0.1, 0.15) is 6.54 Å². The summed E-state index contributed by atoms with van der Waals surface area (Å²) < 4.78 is 11.9. The first-order valence-corrected chi connectivity index (χ1v) is 8.25. The Kier molecular flexibility index (Phi) is 6.60. The van der Waals surface area contributed by atoms with Crippen LogP contribution in [0.2, 0.25) is 0 Å². The molecule has 8 nitrogen and oxygen atoms in total. The monoisotopic (exact) mass is 360 g/mol. The zero-order valence-corrected chi connectivity index (χ0v) is 15.5. The van der Waals surface area contributed by atoms with Gasteiger partial charge in [0.05, 0.1) is 25.6 Å². The molecule has 0 radical (unpaired) electrons. The average Bonchev–Trinajstić information content (AvgIpc) is 2.62. The van der Waals surface area contributed by atoms with Crippen LogP contribution >= 0.6 is 0 Å². The van der Waals surface area contributed by atoms with Gasteiger partial charge < -0.3 is 19.7 Å². The molecule has 0 saturated heterocycles. The molecule has 0 fully saturated rings. The first-order valence-electron chi connectivity index (χ1n) is 8.25. The van der Waals surface area contributed by atoms with E-state index in [9.17, 15) is 9.59 Å². The molecule has 1 amide bonds. The summed E-state index contributed by atoms with van der Waals surface area (Å²) >= 11 is 0. The summed E-state index contributed by atoms with van der Waals surface area (Å²) in [5.74, 6) is 0.962. The highest BCUT2D eigenvalue weighted by Crippen LogP contribution is 2.27. The van der Waals surface area contributed by atoms with Crippen molar-refractivity contribution in [3.05, 3.63) is 46.4 Å². The number of amides is 1. The molecule has 1 aromatic heterocycles. The maximum Gasteiger partial charge on any atom is 0.269 e. The summed E-state index contributed by atoms with van der Waals surface area (Å²) in [5, 5.41) is 6.79. The smallest absolute Gasteiger partial charge is 0.269 e. The van der Waals surface area contributed by atoms with E-state index in [1.54, 1.807) is 24.3 Å². The van der Waals surface area contributed by atoms with Gasteiger partial charge in [0.2, 0.25) is 5.91 Å². The number of anilines is 1. The van der Waals surface area contributed by atoms with E-state index in [2.05, 4.69) is 10.4 Å². The number of methoxy groups -OCH3 is 1. The predicted molar refractivity (Wildman–Crippen MR) is 98.8 cm³/mol. The first kappa shape index (κ1) is 19.3. The summed E-state index contributed by atoms with van der Waals surface area (Å²) in [6, 6.07) is 6.90. The van der Waals surface area contributed by atoms with Crippen LogP contribution in [0.5, 0.6) is 11.5 Å². The highest BCUT2D eigenvalue weighted by molar-refractivity contribution is 5.75. The molecule has 2 aromatic rings. The van der Waals surface area contributed by atoms with Crippen molar-refractivity contribution < 1.29 is 14.3 Å². The third kappa shape index (κ3) is 4.98. The fourth-order valence-electron chi connectivity index (χ4n) is 2.28. The van der Waals surface area contributed by atoms with Gasteiger partial charge in [-0.3, -0.25) is 9.59 Å². The van der Waals surface area contributed by atoms with E-state index in [-0.39, 0.29) is 18.0 Å². The number of rotatable bonds is 8. The molecule has 0 atom stereocenters. The molecule has 0 spiro atoms. The number of carbonyl (C=O) groups excluding carboxylic acids is 1. The molecular weight excluding hydrogens is 336 g/mol. The Morgan fingerprint density at radius 1 is 1.27 bits per heavy atom. The molecule has 140 valence electrons. The molecule has 0 aliphatic carbocycles. The average molecular weight is 360 g/mol. The summed E-state index contributed by atoms with van der Waals surface area (Å²) in [5.41, 5.74) is 1.23. The van der Waals surface area contributed by atoms with Gasteiger partial charge in [-0.15, -0.1) is 0 Å². The SMILES string of the molecule is CCOc1cc(CNC(=O)Cn2ncc(N(C)C)cc2=O)ccc1OC. The fourth-order valence-corrected chi connectivity index (χ4v) is 2.28. The highest BCUT2D eigenvalue weighted by atomic mass is 16.5. The molecular formula is C18H24N4O4. The van der Waals surface area contributed by atoms with Gasteiger partial charge in [-0.25, -0.2) is 4.68 Å². The van der Waals surface area contributed by atoms with Crippen molar-refractivity contribution in [3.8, 4) is 11.5 Å². The maximum atomic E-state index is 12.1. The van der Waals surface area contributed by atoms with E-state index in [0.717, 1.165) is 10.2 Å². The number of nitrogens with zero attached hydrogens (tertiary/aromatic N) is 3. The van der Waals surface area contributed by atoms with Crippen LogP contribution < -0.4 is 25.2 Å². The largest absolute Gasteiger partial charge is 0.493 e. The van der Waals surface area contributed by atoms with Crippen LogP contribution in [0.1, 0.15) is 12.5 Å². The Labute approximate surface area is 152 Å². The minimum absolute atomic E-state index is 0.138. The summed E-state index contributed by atoms with van der Waals surface area (Å²) in [7, 11) is 5.21. The Morgan fingerprint density at radius 3 is 2.65 bits per heavy atom. The van der Waals surface area contributed by atoms with Crippen molar-refractivity contribution in [1.82, 2.24) is 15.1 Å². The van der Waals surface area contributed by atoms with Gasteiger partial charge in [0.25, 0.3) is 5.56 Å². The lowest BCUT2D eigenvalue weighted by Crippen LogP contribution is -2.33. The van der Waals surface area contributed by atoms with Gasteiger partial charge in [0, 0.05) is 26.7 Å². The van der Waals surface area contributed by atoms with E-state index in [1.165, 1.54) is 6.07 Å². The van der Waals surface area contributed by atoms with Crippen molar-refractivity contribution in [2.45, 2.75) is 20.0 Å². The van der Waals surface area contributed by atoms with Gasteiger partial charge in [-0.05, 0) is 24.6 Å². The van der Waals surface area contributed by atoms with Crippen LogP contribution in [0.4, 0.5) is 5.69 Å². The minimum atomic E-state index is -0.325. The molecule has 0 aliphatic heterocycles. The van der Waals surface area contributed by atoms with Crippen molar-refractivity contribution in [1.29, 1.82) is 0 Å². The van der Waals surface area contributed by atoms with E-state index < -0.39 is 0 Å². The lowest BCUT2D eigenvalue weighted by molar-refractivity contribution is -0.122. The maximum absolute atomic E-state index is 12.1. The molecule has 1 aromatic carbocycles. The number of hydrogen-bond acceptors (Lipinski definition) is 6. The lowest BCUT2D eigenvalue weighted by atomic mass is 10.2. The van der Waals surface area contributed by atoms with Crippen molar-refractivity contribution in [2.75, 3.05) is 32.7 Å². The number of ether oxygens (including phenoxy) is 2. The third-order valence-corrected chi connectivity index (χ3v) is 3.68. The molecule has 2 rings (SSSR count). The molecule has 1 heterocycles. The normalized spacial score (nSPS) is 10.3. The minimum Gasteiger partial charge on any atom is -0.493 e. The van der Waals surface area contributed by atoms with Crippen LogP contribution in [0.15, 0.2) is 35.3 Å². The number of carbonyl (C=O) groups is 1. The number of benzene rings is 1. The van der Waals surface area contributed by atoms with E-state index in [0.29, 0.717) is 30.3 Å². The molecule has 8 heteroatoms. The van der Waals surface area contributed by atoms with Crippen molar-refractivity contribution in [3.63, 3.8) is 0 Å². The van der Waals surface area contributed by atoms with Gasteiger partial charge in [-0.2, -0.15) is 5.10 Å². The van der Waals surface area contributed by atoms with Crippen LogP contribution in [-0.4, -0.2) is 43.5 Å². The predicted octanol–water partition coefficient (Wildman–Crippen LogP) is 1.03. The zero-order chi connectivity index (χ0) is 19.1. The van der Waals surface area contributed by atoms with Crippen LogP contribution in [0.3, 0.4) is 0 Å². The van der Waals surface area contributed by atoms with Gasteiger partial charge in [0.15, 0.2) is 11.5 Å². The molecule has 0 saturated carbocycles. The van der Waals surface area contributed by atoms with Crippen molar-refractivity contribution >= 4 is 11.6 Å². The van der Waals surface area contributed by atoms with Crippen LogP contribution in [0.25, 0.3) is 0 Å². The molecule has 0 aliphatic rings. The number of hydrogen-bond donors (Lipinski definition) is 1. The molecule has 0 bridgehead atoms. The van der Waals surface area contributed by atoms with E-state index in [1.807, 2.05) is 33.2 Å². The molecule has 26 heavy (non-hydrogen) atoms. The zero-order valence-electron chi connectivity index (χ0n) is 15.5. The Balaban J connectivity index is 1.99. The summed E-state index contributed by atoms with van der Waals surface area (Å²) in [4.78, 5) is 25.9. The number of nitrogens with one attached hydrogen (secondary N) is 1. The summed E-state index contributed by atoms with van der Waals surface area (Å²) in [6.07, 6.45) is 1.55. The first-order chi connectivity index (χ1) is 12.4. The Hall–Kier alpha value is -3.03. The molecule has 1 N–H and O–H groups in total. The number of aromatic nitrogens is 2. The Bertz CT molecular complexity index is 817. The molecule has 0 unspecified atom stereocenters. The topological polar surface area (TPSA) is 85.7 Å². The second kappa shape index (κ2) is 8.89. The highest BCUT2D eigenvalue weighted by Gasteiger charge is 2.09. The van der Waals surface area contributed by atoms with E-state index >= 15 is 0 Å². The van der Waals surface area contributed by atoms with E-state index in [4.69, 9.17) is 9.47 Å². The van der Waals surface area contributed by atoms with Crippen LogP contribution in [-0.2, 0) is 17.9 Å². The van der Waals surface area contributed by atoms with Gasteiger partial charge in [-0.1, -0.05) is 6.07 Å². The standard InChI is InChI=1S/C18H24N4O4/c1-5-26-16-8-13(6-7-15(16)25-4)10-19-17(23)12-22-18(24)9-14(11-20-22)21(2)3/h6-9,11H,5,10,12H2,1-4H3,(H,19,23). The van der Waals surface area contributed by atoms with Crippen molar-refractivity contribution in [2.24, 2.45) is 0 Å². The fraction of sp³-hybridized carbons (Fsp3) is 0.389. The Morgan fingerprint density at radius 2 is 2.04 bits per heavy atom. The van der Waals surface area contributed by atoms with Crippen LogP contribution in [0, 0.1) is 0 Å². The second-order valence-electron chi connectivity index (χ2n) is 5.80. The third-order valence-electron chi connectivity index (χ3n) is 3.68. The lowest BCUT2D eigenvalue weighted by Gasteiger charge is -2.13. The summed E-state index contributed by atoms with van der Waals surface area (Å²) in [6.45, 7) is 2.58. The quantitative estimate of drug-likeness (QED) is 0.757.